The fourth-order valence-electron chi connectivity index (χ4n) is 2.83. The maximum atomic E-state index is 12.4. The Bertz CT molecular complexity index is 870. The molecule has 1 saturated heterocycles. The van der Waals surface area contributed by atoms with Gasteiger partial charge in [0.1, 0.15) is 11.5 Å². The first-order valence-electron chi connectivity index (χ1n) is 8.50. The van der Waals surface area contributed by atoms with Crippen molar-refractivity contribution < 1.29 is 9.53 Å². The molecule has 0 bridgehead atoms. The number of aromatic nitrogens is 3. The molecule has 0 atom stereocenters. The number of morpholine rings is 1. The summed E-state index contributed by atoms with van der Waals surface area (Å²) in [5.74, 6) is 0.639. The lowest BCUT2D eigenvalue weighted by Gasteiger charge is -2.27. The minimum atomic E-state index is -0.249. The Hall–Kier alpha value is -3.19. The Morgan fingerprint density at radius 1 is 1.12 bits per heavy atom. The molecule has 0 unspecified atom stereocenters. The van der Waals surface area contributed by atoms with Gasteiger partial charge in [-0.25, -0.2) is 4.98 Å². The summed E-state index contributed by atoms with van der Waals surface area (Å²) in [6, 6.07) is 15.2. The summed E-state index contributed by atoms with van der Waals surface area (Å²) >= 11 is 0. The molecule has 0 saturated carbocycles. The van der Waals surface area contributed by atoms with Gasteiger partial charge in [-0.05, 0) is 18.2 Å². The number of nitrogens with one attached hydrogen (secondary N) is 2. The number of carbonyl (C=O) groups is 1. The molecule has 7 nitrogen and oxygen atoms in total. The van der Waals surface area contributed by atoms with Crippen molar-refractivity contribution in [2.45, 2.75) is 0 Å². The molecular formula is C19H19N5O2. The minimum Gasteiger partial charge on any atom is -0.378 e. The number of hydrogen-bond acceptors (Lipinski definition) is 5. The lowest BCUT2D eigenvalue weighted by Crippen LogP contribution is -2.36. The normalized spacial score (nSPS) is 14.2. The highest BCUT2D eigenvalue weighted by atomic mass is 16.5. The molecule has 3 heterocycles. The molecule has 26 heavy (non-hydrogen) atoms. The standard InChI is InChI=1S/C19H19N5O2/c25-19(17-12-16(22-23-17)14-4-2-1-3-5-14)21-15-6-7-18(20-13-15)24-8-10-26-11-9-24/h1-7,12-13H,8-11H2,(H,21,25)(H,22,23). The molecule has 1 amide bonds. The van der Waals surface area contributed by atoms with E-state index < -0.39 is 0 Å². The van der Waals surface area contributed by atoms with Gasteiger partial charge in [-0.2, -0.15) is 5.10 Å². The van der Waals surface area contributed by atoms with Crippen LogP contribution in [0.15, 0.2) is 54.7 Å². The minimum absolute atomic E-state index is 0.249. The fraction of sp³-hybridized carbons (Fsp3) is 0.211. The van der Waals surface area contributed by atoms with Gasteiger partial charge in [0.05, 0.1) is 30.8 Å². The highest BCUT2D eigenvalue weighted by Gasteiger charge is 2.14. The number of amides is 1. The fourth-order valence-corrected chi connectivity index (χ4v) is 2.83. The number of carbonyl (C=O) groups excluding carboxylic acids is 1. The van der Waals surface area contributed by atoms with Gasteiger partial charge in [0, 0.05) is 18.7 Å². The quantitative estimate of drug-likeness (QED) is 0.756. The molecule has 1 aliphatic rings. The Kier molecular flexibility index (Phi) is 4.61. The highest BCUT2D eigenvalue weighted by molar-refractivity contribution is 6.03. The maximum absolute atomic E-state index is 12.4. The van der Waals surface area contributed by atoms with Crippen molar-refractivity contribution >= 4 is 17.4 Å². The number of rotatable bonds is 4. The first-order valence-corrected chi connectivity index (χ1v) is 8.50. The van der Waals surface area contributed by atoms with Gasteiger partial charge in [-0.15, -0.1) is 0 Å². The van der Waals surface area contributed by atoms with Gasteiger partial charge < -0.3 is 15.0 Å². The van der Waals surface area contributed by atoms with E-state index in [9.17, 15) is 4.79 Å². The zero-order valence-electron chi connectivity index (χ0n) is 14.2. The third-order valence-corrected chi connectivity index (χ3v) is 4.23. The van der Waals surface area contributed by atoms with Crippen LogP contribution in [0.4, 0.5) is 11.5 Å². The molecule has 1 fully saturated rings. The molecule has 1 aliphatic heterocycles. The number of nitrogens with zero attached hydrogens (tertiary/aromatic N) is 3. The summed E-state index contributed by atoms with van der Waals surface area (Å²) in [4.78, 5) is 19.0. The molecule has 0 aliphatic carbocycles. The number of hydrogen-bond donors (Lipinski definition) is 2. The van der Waals surface area contributed by atoms with Crippen molar-refractivity contribution in [2.24, 2.45) is 0 Å². The number of aromatic amines is 1. The lowest BCUT2D eigenvalue weighted by molar-refractivity contribution is 0.102. The molecular weight excluding hydrogens is 330 g/mol. The van der Waals surface area contributed by atoms with Crippen LogP contribution < -0.4 is 10.2 Å². The van der Waals surface area contributed by atoms with E-state index in [2.05, 4.69) is 25.4 Å². The number of pyridine rings is 1. The topological polar surface area (TPSA) is 83.1 Å². The van der Waals surface area contributed by atoms with E-state index in [0.29, 0.717) is 24.6 Å². The second-order valence-electron chi connectivity index (χ2n) is 5.99. The average Bonchev–Trinajstić information content (AvgIpc) is 3.20. The second-order valence-corrected chi connectivity index (χ2v) is 5.99. The highest BCUT2D eigenvalue weighted by Crippen LogP contribution is 2.19. The molecule has 2 aromatic heterocycles. The van der Waals surface area contributed by atoms with E-state index in [-0.39, 0.29) is 5.91 Å². The molecule has 3 aromatic rings. The largest absolute Gasteiger partial charge is 0.378 e. The number of benzene rings is 1. The van der Waals surface area contributed by atoms with E-state index >= 15 is 0 Å². The molecule has 0 spiro atoms. The van der Waals surface area contributed by atoms with Crippen molar-refractivity contribution in [3.63, 3.8) is 0 Å². The van der Waals surface area contributed by atoms with Crippen molar-refractivity contribution in [2.75, 3.05) is 36.5 Å². The van der Waals surface area contributed by atoms with Crippen LogP contribution in [-0.2, 0) is 4.74 Å². The summed E-state index contributed by atoms with van der Waals surface area (Å²) in [6.07, 6.45) is 1.66. The molecule has 2 N–H and O–H groups in total. The third kappa shape index (κ3) is 3.57. The lowest BCUT2D eigenvalue weighted by atomic mass is 10.1. The second kappa shape index (κ2) is 7.37. The Morgan fingerprint density at radius 2 is 1.92 bits per heavy atom. The SMILES string of the molecule is O=C(Nc1ccc(N2CCOCC2)nc1)c1cc(-c2ccccc2)n[nH]1. The smallest absolute Gasteiger partial charge is 0.273 e. The summed E-state index contributed by atoms with van der Waals surface area (Å²) in [5, 5.41) is 9.82. The van der Waals surface area contributed by atoms with Gasteiger partial charge in [0.15, 0.2) is 0 Å². The van der Waals surface area contributed by atoms with Gasteiger partial charge in [-0.1, -0.05) is 30.3 Å². The zero-order chi connectivity index (χ0) is 17.8. The summed E-state index contributed by atoms with van der Waals surface area (Å²) in [7, 11) is 0. The Morgan fingerprint density at radius 3 is 2.65 bits per heavy atom. The van der Waals surface area contributed by atoms with Gasteiger partial charge in [0.2, 0.25) is 0 Å². The Labute approximate surface area is 151 Å². The maximum Gasteiger partial charge on any atom is 0.273 e. The van der Waals surface area contributed by atoms with Gasteiger partial charge in [-0.3, -0.25) is 9.89 Å². The molecule has 132 valence electrons. The number of H-pyrrole nitrogens is 1. The van der Waals surface area contributed by atoms with Crippen molar-refractivity contribution in [3.8, 4) is 11.3 Å². The zero-order valence-corrected chi connectivity index (χ0v) is 14.2. The van der Waals surface area contributed by atoms with Crippen molar-refractivity contribution in [1.82, 2.24) is 15.2 Å². The third-order valence-electron chi connectivity index (χ3n) is 4.23. The first-order chi connectivity index (χ1) is 12.8. The molecule has 1 aromatic carbocycles. The number of ether oxygens (including phenoxy) is 1. The van der Waals surface area contributed by atoms with Crippen LogP contribution in [0.5, 0.6) is 0 Å². The average molecular weight is 349 g/mol. The van der Waals surface area contributed by atoms with E-state index in [1.807, 2.05) is 42.5 Å². The van der Waals surface area contributed by atoms with Crippen LogP contribution in [0.25, 0.3) is 11.3 Å². The van der Waals surface area contributed by atoms with Crippen LogP contribution in [-0.4, -0.2) is 47.4 Å². The monoisotopic (exact) mass is 349 g/mol. The Balaban J connectivity index is 1.42. The summed E-state index contributed by atoms with van der Waals surface area (Å²) < 4.78 is 5.34. The van der Waals surface area contributed by atoms with Crippen LogP contribution in [0.3, 0.4) is 0 Å². The predicted octanol–water partition coefficient (Wildman–Crippen LogP) is 2.56. The van der Waals surface area contributed by atoms with E-state index in [4.69, 9.17) is 4.74 Å². The number of anilines is 2. The van der Waals surface area contributed by atoms with Crippen molar-refractivity contribution in [1.29, 1.82) is 0 Å². The molecule has 0 radical (unpaired) electrons. The van der Waals surface area contributed by atoms with E-state index in [0.717, 1.165) is 30.2 Å². The first kappa shape index (κ1) is 16.3. The van der Waals surface area contributed by atoms with Crippen LogP contribution in [0.2, 0.25) is 0 Å². The molecule has 4 rings (SSSR count). The molecule has 7 heteroatoms. The van der Waals surface area contributed by atoms with Crippen LogP contribution in [0, 0.1) is 0 Å². The van der Waals surface area contributed by atoms with Crippen LogP contribution in [0.1, 0.15) is 10.5 Å². The predicted molar refractivity (Wildman–Crippen MR) is 99.2 cm³/mol. The van der Waals surface area contributed by atoms with Gasteiger partial charge in [0.25, 0.3) is 5.91 Å². The van der Waals surface area contributed by atoms with E-state index in [1.165, 1.54) is 0 Å². The summed E-state index contributed by atoms with van der Waals surface area (Å²) in [5.41, 5.74) is 2.74. The van der Waals surface area contributed by atoms with E-state index in [1.54, 1.807) is 12.3 Å². The van der Waals surface area contributed by atoms with Crippen molar-refractivity contribution in [3.05, 3.63) is 60.4 Å². The summed E-state index contributed by atoms with van der Waals surface area (Å²) in [6.45, 7) is 3.08. The van der Waals surface area contributed by atoms with Crippen LogP contribution >= 0.6 is 0 Å². The van der Waals surface area contributed by atoms with Gasteiger partial charge >= 0.3 is 0 Å².